The van der Waals surface area contributed by atoms with Crippen molar-refractivity contribution in [3.63, 3.8) is 0 Å². The van der Waals surface area contributed by atoms with Crippen LogP contribution in [-0.2, 0) is 0 Å². The second kappa shape index (κ2) is 6.49. The normalized spacial score (nSPS) is 12.3. The number of rotatable bonds is 5. The minimum absolute atomic E-state index is 0.0372. The van der Waals surface area contributed by atoms with Crippen LogP contribution in [-0.4, -0.2) is 13.7 Å². The summed E-state index contributed by atoms with van der Waals surface area (Å²) in [6.07, 6.45) is 0. The molecule has 0 bridgehead atoms. The third-order valence-corrected chi connectivity index (χ3v) is 3.02. The minimum atomic E-state index is -2.98. The van der Waals surface area contributed by atoms with Crippen LogP contribution in [0.2, 0.25) is 0 Å². The quantitative estimate of drug-likeness (QED) is 0.919. The highest BCUT2D eigenvalue weighted by Crippen LogP contribution is 2.32. The Labute approximate surface area is 120 Å². The number of nitrogens with two attached hydrogens (primary N) is 1. The lowest BCUT2D eigenvalue weighted by atomic mass is 9.98. The van der Waals surface area contributed by atoms with E-state index >= 15 is 0 Å². The predicted octanol–water partition coefficient (Wildman–Crippen LogP) is 3.48. The monoisotopic (exact) mass is 297 g/mol. The third kappa shape index (κ3) is 3.28. The molecule has 21 heavy (non-hydrogen) atoms. The van der Waals surface area contributed by atoms with Crippen LogP contribution < -0.4 is 15.2 Å². The van der Waals surface area contributed by atoms with Crippen LogP contribution in [0.1, 0.15) is 17.2 Å². The molecule has 3 nitrogen and oxygen atoms in total. The molecule has 1 atom stereocenters. The third-order valence-electron chi connectivity index (χ3n) is 3.02. The molecule has 6 heteroatoms. The van der Waals surface area contributed by atoms with E-state index in [-0.39, 0.29) is 22.6 Å². The summed E-state index contributed by atoms with van der Waals surface area (Å²) >= 11 is 0. The fourth-order valence-electron chi connectivity index (χ4n) is 2.03. The summed E-state index contributed by atoms with van der Waals surface area (Å²) in [6, 6.07) is 9.58. The summed E-state index contributed by atoms with van der Waals surface area (Å²) in [4.78, 5) is 0. The lowest BCUT2D eigenvalue weighted by Gasteiger charge is -2.18. The molecule has 112 valence electrons. The topological polar surface area (TPSA) is 44.5 Å². The molecule has 0 saturated carbocycles. The number of hydrogen-bond acceptors (Lipinski definition) is 3. The fraction of sp³-hybridized carbons (Fsp3) is 0.200. The lowest BCUT2D eigenvalue weighted by Crippen LogP contribution is -2.16. The van der Waals surface area contributed by atoms with Gasteiger partial charge in [0.25, 0.3) is 0 Å². The van der Waals surface area contributed by atoms with Crippen LogP contribution in [0.15, 0.2) is 42.5 Å². The zero-order valence-corrected chi connectivity index (χ0v) is 11.2. The van der Waals surface area contributed by atoms with E-state index in [1.807, 2.05) is 0 Å². The Morgan fingerprint density at radius 2 is 1.57 bits per heavy atom. The van der Waals surface area contributed by atoms with Gasteiger partial charge in [-0.3, -0.25) is 0 Å². The first-order valence-corrected chi connectivity index (χ1v) is 6.16. The van der Waals surface area contributed by atoms with Crippen molar-refractivity contribution in [3.05, 3.63) is 59.4 Å². The first-order valence-electron chi connectivity index (χ1n) is 6.16. The van der Waals surface area contributed by atoms with Crippen molar-refractivity contribution in [1.82, 2.24) is 0 Å². The number of hydrogen-bond donors (Lipinski definition) is 1. The first-order chi connectivity index (χ1) is 10.0. The molecule has 2 N–H and O–H groups in total. The van der Waals surface area contributed by atoms with Gasteiger partial charge in [-0.15, -0.1) is 0 Å². The molecular formula is C15H14F3NO2. The molecule has 2 aromatic carbocycles. The summed E-state index contributed by atoms with van der Waals surface area (Å²) in [6.45, 7) is -2.98. The van der Waals surface area contributed by atoms with Gasteiger partial charge >= 0.3 is 6.61 Å². The SMILES string of the molecule is COc1cccc(C(N)c2ccccc2OC(F)F)c1F. The summed E-state index contributed by atoms with van der Waals surface area (Å²) in [7, 11) is 1.33. The highest BCUT2D eigenvalue weighted by Gasteiger charge is 2.20. The number of alkyl halides is 2. The Morgan fingerprint density at radius 3 is 2.24 bits per heavy atom. The van der Waals surface area contributed by atoms with Gasteiger partial charge < -0.3 is 15.2 Å². The second-order valence-corrected chi connectivity index (χ2v) is 4.26. The molecule has 0 fully saturated rings. The molecule has 1 unspecified atom stereocenters. The van der Waals surface area contributed by atoms with Gasteiger partial charge in [0.15, 0.2) is 11.6 Å². The Bertz CT molecular complexity index is 620. The summed E-state index contributed by atoms with van der Waals surface area (Å²) in [5.74, 6) is -0.670. The standard InChI is InChI=1S/C15H14F3NO2/c1-20-12-8-4-6-10(13(12)16)14(19)9-5-2-3-7-11(9)21-15(17)18/h2-8,14-15H,19H2,1H3. The van der Waals surface area contributed by atoms with Crippen molar-refractivity contribution in [1.29, 1.82) is 0 Å². The van der Waals surface area contributed by atoms with Gasteiger partial charge in [-0.05, 0) is 12.1 Å². The zero-order chi connectivity index (χ0) is 15.4. The maximum absolute atomic E-state index is 14.2. The van der Waals surface area contributed by atoms with Gasteiger partial charge in [-0.25, -0.2) is 4.39 Å². The maximum Gasteiger partial charge on any atom is 0.387 e. The Morgan fingerprint density at radius 1 is 0.952 bits per heavy atom. The van der Waals surface area contributed by atoms with Crippen molar-refractivity contribution in [2.45, 2.75) is 12.7 Å². The minimum Gasteiger partial charge on any atom is -0.494 e. The van der Waals surface area contributed by atoms with Gasteiger partial charge in [-0.2, -0.15) is 8.78 Å². The average Bonchev–Trinajstić information content (AvgIpc) is 2.47. The van der Waals surface area contributed by atoms with Crippen LogP contribution >= 0.6 is 0 Å². The van der Waals surface area contributed by atoms with E-state index in [9.17, 15) is 13.2 Å². The average molecular weight is 297 g/mol. The van der Waals surface area contributed by atoms with Crippen molar-refractivity contribution in [2.24, 2.45) is 5.73 Å². The molecule has 0 aliphatic carbocycles. The zero-order valence-electron chi connectivity index (χ0n) is 11.2. The van der Waals surface area contributed by atoms with Crippen molar-refractivity contribution in [2.75, 3.05) is 7.11 Å². The van der Waals surface area contributed by atoms with Gasteiger partial charge in [0, 0.05) is 11.1 Å². The van der Waals surface area contributed by atoms with Crippen LogP contribution in [0.4, 0.5) is 13.2 Å². The Hall–Kier alpha value is -2.21. The van der Waals surface area contributed by atoms with E-state index < -0.39 is 18.5 Å². The molecule has 2 aromatic rings. The molecule has 0 amide bonds. The summed E-state index contributed by atoms with van der Waals surface area (Å²) in [5, 5.41) is 0. The number of benzene rings is 2. The number of ether oxygens (including phenoxy) is 2. The fourth-order valence-corrected chi connectivity index (χ4v) is 2.03. The highest BCUT2D eigenvalue weighted by atomic mass is 19.3. The number of halogens is 3. The second-order valence-electron chi connectivity index (χ2n) is 4.26. The Kier molecular flexibility index (Phi) is 4.70. The highest BCUT2D eigenvalue weighted by molar-refractivity contribution is 5.44. The molecule has 0 radical (unpaired) electrons. The van der Waals surface area contributed by atoms with Crippen molar-refractivity contribution < 1.29 is 22.6 Å². The van der Waals surface area contributed by atoms with Gasteiger partial charge in [0.1, 0.15) is 5.75 Å². The van der Waals surface area contributed by atoms with E-state index in [2.05, 4.69) is 4.74 Å². The Balaban J connectivity index is 2.43. The van der Waals surface area contributed by atoms with E-state index in [0.29, 0.717) is 0 Å². The maximum atomic E-state index is 14.2. The van der Waals surface area contributed by atoms with E-state index in [1.54, 1.807) is 12.1 Å². The van der Waals surface area contributed by atoms with Crippen LogP contribution in [0.25, 0.3) is 0 Å². The van der Waals surface area contributed by atoms with Gasteiger partial charge in [0.2, 0.25) is 0 Å². The molecule has 0 spiro atoms. The van der Waals surface area contributed by atoms with Crippen LogP contribution in [0.3, 0.4) is 0 Å². The molecule has 0 aromatic heterocycles. The van der Waals surface area contributed by atoms with E-state index in [0.717, 1.165) is 0 Å². The lowest BCUT2D eigenvalue weighted by molar-refractivity contribution is -0.0505. The van der Waals surface area contributed by atoms with Gasteiger partial charge in [0.05, 0.1) is 13.2 Å². The molecule has 0 heterocycles. The van der Waals surface area contributed by atoms with Crippen LogP contribution in [0.5, 0.6) is 11.5 Å². The molecule has 2 rings (SSSR count). The first kappa shape index (κ1) is 15.2. The smallest absolute Gasteiger partial charge is 0.387 e. The van der Waals surface area contributed by atoms with E-state index in [4.69, 9.17) is 10.5 Å². The predicted molar refractivity (Wildman–Crippen MR) is 72.1 cm³/mol. The van der Waals surface area contributed by atoms with Gasteiger partial charge in [-0.1, -0.05) is 30.3 Å². The summed E-state index contributed by atoms with van der Waals surface area (Å²) < 4.78 is 48.3. The van der Waals surface area contributed by atoms with Crippen LogP contribution in [0, 0.1) is 5.82 Å². The molecule has 0 aliphatic rings. The van der Waals surface area contributed by atoms with E-state index in [1.165, 1.54) is 37.4 Å². The number of methoxy groups -OCH3 is 1. The van der Waals surface area contributed by atoms with Crippen molar-refractivity contribution in [3.8, 4) is 11.5 Å². The molecular weight excluding hydrogens is 283 g/mol. The molecule has 0 aliphatic heterocycles. The molecule has 0 saturated heterocycles. The largest absolute Gasteiger partial charge is 0.494 e. The number of para-hydroxylation sites is 1. The summed E-state index contributed by atoms with van der Waals surface area (Å²) in [5.41, 5.74) is 6.40. The van der Waals surface area contributed by atoms with Crippen molar-refractivity contribution >= 4 is 0 Å².